The molecule has 0 saturated heterocycles. The van der Waals surface area contributed by atoms with Crippen LogP contribution in [-0.4, -0.2) is 17.2 Å². The molecule has 4 nitrogen and oxygen atoms in total. The van der Waals surface area contributed by atoms with Crippen LogP contribution in [0.25, 0.3) is 0 Å². The average Bonchev–Trinajstić information content (AvgIpc) is 2.54. The zero-order valence-corrected chi connectivity index (χ0v) is 18.3. The Bertz CT molecular complexity index is 614. The van der Waals surface area contributed by atoms with Crippen LogP contribution in [0, 0.1) is 0 Å². The van der Waals surface area contributed by atoms with Gasteiger partial charge in [0.15, 0.2) is 0 Å². The first-order valence-electron chi connectivity index (χ1n) is 10.1. The highest BCUT2D eigenvalue weighted by Gasteiger charge is 2.26. The maximum absolute atomic E-state index is 12.1. The van der Waals surface area contributed by atoms with E-state index in [1.807, 2.05) is 12.1 Å². The number of phenolic OH excluding ortho intramolecular Hbond substituents is 1. The number of amides is 1. The number of carbonyl (C=O) groups is 1. The molecule has 2 N–H and O–H groups in total. The van der Waals surface area contributed by atoms with Gasteiger partial charge in [0.2, 0.25) is 5.91 Å². The molecule has 1 aromatic carbocycles. The summed E-state index contributed by atoms with van der Waals surface area (Å²) in [5.74, 6) is 0.296. The highest BCUT2D eigenvalue weighted by molar-refractivity contribution is 5.77. The van der Waals surface area contributed by atoms with Crippen molar-refractivity contribution in [1.82, 2.24) is 5.43 Å². The Labute approximate surface area is 165 Å². The highest BCUT2D eigenvalue weighted by atomic mass is 16.3. The molecule has 1 aromatic rings. The Morgan fingerprint density at radius 3 is 2.11 bits per heavy atom. The van der Waals surface area contributed by atoms with Gasteiger partial charge >= 0.3 is 0 Å². The van der Waals surface area contributed by atoms with E-state index in [4.69, 9.17) is 0 Å². The molecule has 1 rings (SSSR count). The molecular formula is C23H38N2O2. The molecule has 4 heteroatoms. The normalized spacial score (nSPS) is 12.6. The lowest BCUT2D eigenvalue weighted by Gasteiger charge is -2.28. The Kier molecular flexibility index (Phi) is 8.52. The summed E-state index contributed by atoms with van der Waals surface area (Å²) in [6.07, 6.45) is 7.16. The standard InChI is InChI=1S/C23H38N2O2/c1-8-9-10-11-14-24-25-20(26)13-12-17-15-18(22(2,3)4)21(27)19(16-17)23(5,6)7/h14-16,27H,8-13H2,1-7H3,(H,25,26). The number of aryl methyl sites for hydroxylation is 1. The monoisotopic (exact) mass is 374 g/mol. The number of aromatic hydroxyl groups is 1. The molecule has 0 aliphatic heterocycles. The molecule has 0 fully saturated rings. The van der Waals surface area contributed by atoms with Crippen LogP contribution in [0.2, 0.25) is 0 Å². The minimum Gasteiger partial charge on any atom is -0.507 e. The second-order valence-corrected chi connectivity index (χ2v) is 9.38. The summed E-state index contributed by atoms with van der Waals surface area (Å²) in [6.45, 7) is 14.7. The summed E-state index contributed by atoms with van der Waals surface area (Å²) in [5, 5.41) is 14.8. The first kappa shape index (κ1) is 23.2. The topological polar surface area (TPSA) is 61.7 Å². The van der Waals surface area contributed by atoms with Gasteiger partial charge in [-0.05, 0) is 46.8 Å². The van der Waals surface area contributed by atoms with Gasteiger partial charge in [-0.3, -0.25) is 4.79 Å². The molecule has 152 valence electrons. The predicted octanol–water partition coefficient (Wildman–Crippen LogP) is 5.60. The van der Waals surface area contributed by atoms with Gasteiger partial charge in [0, 0.05) is 12.6 Å². The van der Waals surface area contributed by atoms with Crippen molar-refractivity contribution in [3.8, 4) is 5.75 Å². The van der Waals surface area contributed by atoms with Crippen molar-refractivity contribution in [1.29, 1.82) is 0 Å². The second-order valence-electron chi connectivity index (χ2n) is 9.38. The van der Waals surface area contributed by atoms with Crippen molar-refractivity contribution in [2.75, 3.05) is 0 Å². The van der Waals surface area contributed by atoms with Gasteiger partial charge in [-0.15, -0.1) is 0 Å². The van der Waals surface area contributed by atoms with E-state index in [1.54, 1.807) is 6.21 Å². The molecule has 0 spiro atoms. The summed E-state index contributed by atoms with van der Waals surface area (Å²) >= 11 is 0. The number of hydrogen-bond acceptors (Lipinski definition) is 3. The third-order valence-corrected chi connectivity index (χ3v) is 4.64. The van der Waals surface area contributed by atoms with Gasteiger partial charge in [-0.2, -0.15) is 5.10 Å². The number of benzene rings is 1. The van der Waals surface area contributed by atoms with Gasteiger partial charge in [0.25, 0.3) is 0 Å². The van der Waals surface area contributed by atoms with Crippen LogP contribution in [-0.2, 0) is 22.0 Å². The van der Waals surface area contributed by atoms with E-state index >= 15 is 0 Å². The highest BCUT2D eigenvalue weighted by Crippen LogP contribution is 2.39. The fraction of sp³-hybridized carbons (Fsp3) is 0.652. The van der Waals surface area contributed by atoms with E-state index in [-0.39, 0.29) is 16.7 Å². The first-order valence-corrected chi connectivity index (χ1v) is 10.1. The van der Waals surface area contributed by atoms with Gasteiger partial charge in [-0.1, -0.05) is 73.4 Å². The second kappa shape index (κ2) is 9.91. The number of rotatable bonds is 8. The zero-order valence-electron chi connectivity index (χ0n) is 18.3. The smallest absolute Gasteiger partial charge is 0.240 e. The van der Waals surface area contributed by atoms with Crippen molar-refractivity contribution < 1.29 is 9.90 Å². The van der Waals surface area contributed by atoms with Crippen LogP contribution in [0.15, 0.2) is 17.2 Å². The third-order valence-electron chi connectivity index (χ3n) is 4.64. The Hall–Kier alpha value is -1.84. The molecule has 27 heavy (non-hydrogen) atoms. The van der Waals surface area contributed by atoms with Gasteiger partial charge in [0.1, 0.15) is 5.75 Å². The van der Waals surface area contributed by atoms with Crippen molar-refractivity contribution in [2.45, 2.75) is 97.8 Å². The largest absolute Gasteiger partial charge is 0.507 e. The summed E-state index contributed by atoms with van der Waals surface area (Å²) < 4.78 is 0. The lowest BCUT2D eigenvalue weighted by atomic mass is 9.78. The van der Waals surface area contributed by atoms with E-state index in [9.17, 15) is 9.90 Å². The number of nitrogens with zero attached hydrogens (tertiary/aromatic N) is 1. The van der Waals surface area contributed by atoms with Gasteiger partial charge < -0.3 is 5.11 Å². The van der Waals surface area contributed by atoms with E-state index in [0.717, 1.165) is 29.5 Å². The van der Waals surface area contributed by atoms with Crippen LogP contribution in [0.5, 0.6) is 5.75 Å². The number of hydrogen-bond donors (Lipinski definition) is 2. The lowest BCUT2D eigenvalue weighted by Crippen LogP contribution is -2.20. The molecule has 0 saturated carbocycles. The van der Waals surface area contributed by atoms with Crippen molar-refractivity contribution in [3.05, 3.63) is 28.8 Å². The fourth-order valence-corrected chi connectivity index (χ4v) is 2.96. The van der Waals surface area contributed by atoms with Crippen LogP contribution >= 0.6 is 0 Å². The van der Waals surface area contributed by atoms with Crippen molar-refractivity contribution in [3.63, 3.8) is 0 Å². The van der Waals surface area contributed by atoms with Crippen LogP contribution < -0.4 is 5.43 Å². The maximum Gasteiger partial charge on any atom is 0.240 e. The van der Waals surface area contributed by atoms with Gasteiger partial charge in [-0.25, -0.2) is 5.43 Å². The molecule has 0 heterocycles. The summed E-state index contributed by atoms with van der Waals surface area (Å²) in [4.78, 5) is 12.1. The van der Waals surface area contributed by atoms with Crippen molar-refractivity contribution in [2.24, 2.45) is 5.10 Å². The van der Waals surface area contributed by atoms with Crippen LogP contribution in [0.3, 0.4) is 0 Å². The molecular weight excluding hydrogens is 336 g/mol. The summed E-state index contributed by atoms with van der Waals surface area (Å²) in [6, 6.07) is 4.07. The Morgan fingerprint density at radius 1 is 1.07 bits per heavy atom. The number of phenols is 1. The number of unbranched alkanes of at least 4 members (excludes halogenated alkanes) is 3. The van der Waals surface area contributed by atoms with Gasteiger partial charge in [0.05, 0.1) is 0 Å². The zero-order chi connectivity index (χ0) is 20.7. The summed E-state index contributed by atoms with van der Waals surface area (Å²) in [5.41, 5.74) is 5.22. The molecule has 0 aliphatic rings. The van der Waals surface area contributed by atoms with E-state index in [0.29, 0.717) is 18.6 Å². The quantitative estimate of drug-likeness (QED) is 0.353. The molecule has 0 unspecified atom stereocenters. The molecule has 0 atom stereocenters. The minimum absolute atomic E-state index is 0.0792. The number of hydrazone groups is 1. The molecule has 1 amide bonds. The fourth-order valence-electron chi connectivity index (χ4n) is 2.96. The van der Waals surface area contributed by atoms with Crippen molar-refractivity contribution >= 4 is 12.1 Å². The lowest BCUT2D eigenvalue weighted by molar-refractivity contribution is -0.121. The number of nitrogens with one attached hydrogen (secondary N) is 1. The molecule has 0 bridgehead atoms. The molecule has 0 aromatic heterocycles. The van der Waals surface area contributed by atoms with E-state index in [1.165, 1.54) is 12.8 Å². The maximum atomic E-state index is 12.1. The minimum atomic E-state index is -0.162. The SMILES string of the molecule is CCCCCC=NNC(=O)CCc1cc(C(C)(C)C)c(O)c(C(C)(C)C)c1. The predicted molar refractivity (Wildman–Crippen MR) is 115 cm³/mol. The van der Waals surface area contributed by atoms with Crippen LogP contribution in [0.1, 0.15) is 97.3 Å². The van der Waals surface area contributed by atoms with Crippen LogP contribution in [0.4, 0.5) is 0 Å². The Balaban J connectivity index is 2.81. The number of carbonyl (C=O) groups excluding carboxylic acids is 1. The average molecular weight is 375 g/mol. The first-order chi connectivity index (χ1) is 12.5. The molecule has 0 radical (unpaired) electrons. The van der Waals surface area contributed by atoms with E-state index in [2.05, 4.69) is 59.0 Å². The molecule has 0 aliphatic carbocycles. The van der Waals surface area contributed by atoms with E-state index < -0.39 is 0 Å². The third kappa shape index (κ3) is 7.74. The summed E-state index contributed by atoms with van der Waals surface area (Å²) in [7, 11) is 0. The Morgan fingerprint density at radius 2 is 1.63 bits per heavy atom.